The highest BCUT2D eigenvalue weighted by atomic mass is 32.2. The molecule has 0 aliphatic heterocycles. The van der Waals surface area contributed by atoms with Gasteiger partial charge in [-0.15, -0.1) is 10.2 Å². The zero-order chi connectivity index (χ0) is 24.9. The number of benzene rings is 2. The van der Waals surface area contributed by atoms with Gasteiger partial charge in [0.15, 0.2) is 16.8 Å². The minimum Gasteiger partial charge on any atom is -0.497 e. The Balaban J connectivity index is 1.47. The van der Waals surface area contributed by atoms with Crippen LogP contribution in [0.1, 0.15) is 46.8 Å². The summed E-state index contributed by atoms with van der Waals surface area (Å²) < 4.78 is 9.10. The molecule has 0 aliphatic carbocycles. The fourth-order valence-corrected chi connectivity index (χ4v) is 4.92. The van der Waals surface area contributed by atoms with E-state index >= 15 is 0 Å². The van der Waals surface area contributed by atoms with Crippen LogP contribution in [-0.2, 0) is 20.1 Å². The number of para-hydroxylation sites is 1. The summed E-state index contributed by atoms with van der Waals surface area (Å²) in [6.07, 6.45) is 2.76. The fraction of sp³-hybridized carbons (Fsp3) is 0.308. The molecule has 1 amide bonds. The number of aryl methyl sites for hydroxylation is 1. The maximum atomic E-state index is 13.3. The van der Waals surface area contributed by atoms with Crippen LogP contribution >= 0.6 is 11.8 Å². The Morgan fingerprint density at radius 2 is 1.86 bits per heavy atom. The molecule has 182 valence electrons. The van der Waals surface area contributed by atoms with Crippen molar-refractivity contribution in [1.82, 2.24) is 24.6 Å². The number of hydrogen-bond donors (Lipinski definition) is 1. The lowest BCUT2D eigenvalue weighted by Gasteiger charge is -2.12. The second-order valence-corrected chi connectivity index (χ2v) is 9.56. The zero-order valence-electron chi connectivity index (χ0n) is 20.3. The van der Waals surface area contributed by atoms with Gasteiger partial charge in [-0.3, -0.25) is 9.59 Å². The minimum atomic E-state index is -0.345. The van der Waals surface area contributed by atoms with E-state index in [9.17, 15) is 9.59 Å². The van der Waals surface area contributed by atoms with Crippen LogP contribution in [0, 0.1) is 0 Å². The highest BCUT2D eigenvalue weighted by Gasteiger charge is 2.24. The van der Waals surface area contributed by atoms with Crippen LogP contribution < -0.4 is 10.1 Å². The van der Waals surface area contributed by atoms with Crippen LogP contribution in [-0.4, -0.2) is 43.4 Å². The molecule has 0 spiro atoms. The molecule has 0 bridgehead atoms. The molecule has 35 heavy (non-hydrogen) atoms. The topological polar surface area (TPSA) is 91.0 Å². The average molecular weight is 492 g/mol. The summed E-state index contributed by atoms with van der Waals surface area (Å²) >= 11 is 1.39. The Bertz CT molecular complexity index is 1340. The molecular formula is C26H29N5O3S. The quantitative estimate of drug-likeness (QED) is 0.260. The van der Waals surface area contributed by atoms with Crippen molar-refractivity contribution in [3.8, 4) is 5.75 Å². The second kappa shape index (κ2) is 10.8. The summed E-state index contributed by atoms with van der Waals surface area (Å²) in [6.45, 7) is 4.89. The van der Waals surface area contributed by atoms with Gasteiger partial charge in [-0.1, -0.05) is 36.9 Å². The van der Waals surface area contributed by atoms with E-state index in [2.05, 4.69) is 22.4 Å². The number of methoxy groups -OCH3 is 1. The first-order valence-corrected chi connectivity index (χ1v) is 12.4. The van der Waals surface area contributed by atoms with Gasteiger partial charge < -0.3 is 19.2 Å². The highest BCUT2D eigenvalue weighted by Crippen LogP contribution is 2.29. The smallest absolute Gasteiger partial charge is 0.251 e. The number of aromatic nitrogens is 4. The van der Waals surface area contributed by atoms with Crippen LogP contribution in [0.4, 0.5) is 0 Å². The monoisotopic (exact) mass is 491 g/mol. The summed E-state index contributed by atoms with van der Waals surface area (Å²) in [5.74, 6) is 1.19. The highest BCUT2D eigenvalue weighted by molar-refractivity contribution is 8.00. The predicted octanol–water partition coefficient (Wildman–Crippen LogP) is 4.48. The van der Waals surface area contributed by atoms with Gasteiger partial charge in [0.2, 0.25) is 0 Å². The molecule has 0 radical (unpaired) electrons. The Morgan fingerprint density at radius 1 is 1.11 bits per heavy atom. The molecule has 2 aromatic carbocycles. The van der Waals surface area contributed by atoms with Crippen LogP contribution in [0.3, 0.4) is 0 Å². The number of ether oxygens (including phenoxy) is 1. The Morgan fingerprint density at radius 3 is 2.57 bits per heavy atom. The number of carbonyl (C=O) groups is 2. The Labute approximate surface area is 208 Å². The van der Waals surface area contributed by atoms with Crippen molar-refractivity contribution in [3.63, 3.8) is 0 Å². The van der Waals surface area contributed by atoms with Crippen molar-refractivity contribution in [1.29, 1.82) is 0 Å². The zero-order valence-corrected chi connectivity index (χ0v) is 21.1. The first kappa shape index (κ1) is 24.5. The molecule has 4 rings (SSSR count). The second-order valence-electron chi connectivity index (χ2n) is 8.26. The van der Waals surface area contributed by atoms with E-state index in [4.69, 9.17) is 4.74 Å². The van der Waals surface area contributed by atoms with Crippen molar-refractivity contribution >= 4 is 34.4 Å². The number of nitrogens with one attached hydrogen (secondary N) is 1. The molecule has 2 aromatic heterocycles. The SMILES string of the molecule is CCCn1c(CNC(=O)c2ccc(OC)cc2)nnc1SC(C)C(=O)c1cn(C)c2ccccc12. The molecule has 1 unspecified atom stereocenters. The maximum Gasteiger partial charge on any atom is 0.251 e. The van der Waals surface area contributed by atoms with Crippen LogP contribution in [0.25, 0.3) is 10.9 Å². The van der Waals surface area contributed by atoms with Gasteiger partial charge in [-0.05, 0) is 43.7 Å². The summed E-state index contributed by atoms with van der Waals surface area (Å²) in [6, 6.07) is 14.8. The van der Waals surface area contributed by atoms with Crippen LogP contribution in [0.2, 0.25) is 0 Å². The number of carbonyl (C=O) groups excluding carboxylic acids is 2. The van der Waals surface area contributed by atoms with Gasteiger partial charge >= 0.3 is 0 Å². The van der Waals surface area contributed by atoms with Crippen molar-refractivity contribution < 1.29 is 14.3 Å². The first-order chi connectivity index (χ1) is 16.9. The third-order valence-electron chi connectivity index (χ3n) is 5.81. The van der Waals surface area contributed by atoms with E-state index in [1.54, 1.807) is 31.4 Å². The van der Waals surface area contributed by atoms with Crippen LogP contribution in [0.5, 0.6) is 5.75 Å². The van der Waals surface area contributed by atoms with Gasteiger partial charge in [-0.2, -0.15) is 0 Å². The van der Waals surface area contributed by atoms with Gasteiger partial charge in [0, 0.05) is 41.8 Å². The molecule has 8 nitrogen and oxygen atoms in total. The van der Waals surface area contributed by atoms with Gasteiger partial charge in [-0.25, -0.2) is 0 Å². The summed E-state index contributed by atoms with van der Waals surface area (Å²) in [5, 5.41) is 12.8. The van der Waals surface area contributed by atoms with E-state index < -0.39 is 0 Å². The maximum absolute atomic E-state index is 13.3. The molecule has 9 heteroatoms. The molecule has 0 saturated heterocycles. The number of thioether (sulfide) groups is 1. The van der Waals surface area contributed by atoms with E-state index in [1.165, 1.54) is 11.8 Å². The standard InChI is InChI=1S/C26H29N5O3S/c1-5-14-31-23(15-27-25(33)18-10-12-19(34-4)13-11-18)28-29-26(31)35-17(2)24(32)21-16-30(3)22-9-7-6-8-20(21)22/h6-13,16-17H,5,14-15H2,1-4H3,(H,27,33). The predicted molar refractivity (Wildman–Crippen MR) is 137 cm³/mol. The van der Waals surface area contributed by atoms with Crippen molar-refractivity contribution in [2.45, 2.75) is 43.8 Å². The largest absolute Gasteiger partial charge is 0.497 e. The first-order valence-electron chi connectivity index (χ1n) is 11.5. The number of rotatable bonds is 10. The summed E-state index contributed by atoms with van der Waals surface area (Å²) in [7, 11) is 3.53. The lowest BCUT2D eigenvalue weighted by atomic mass is 10.1. The molecule has 0 saturated carbocycles. The summed E-state index contributed by atoms with van der Waals surface area (Å²) in [4.78, 5) is 25.9. The Kier molecular flexibility index (Phi) is 7.55. The van der Waals surface area contributed by atoms with Gasteiger partial charge in [0.25, 0.3) is 5.91 Å². The average Bonchev–Trinajstić information content (AvgIpc) is 3.42. The molecule has 2 heterocycles. The number of nitrogens with zero attached hydrogens (tertiary/aromatic N) is 4. The van der Waals surface area contributed by atoms with E-state index in [0.29, 0.717) is 34.4 Å². The van der Waals surface area contributed by atoms with E-state index in [0.717, 1.165) is 17.3 Å². The number of hydrogen-bond acceptors (Lipinski definition) is 6. The third-order valence-corrected chi connectivity index (χ3v) is 6.89. The summed E-state index contributed by atoms with van der Waals surface area (Å²) in [5.41, 5.74) is 2.27. The number of Topliss-reactive ketones (excluding diaryl/α,β-unsaturated/α-hetero) is 1. The molecule has 0 aliphatic rings. The third kappa shape index (κ3) is 5.24. The van der Waals surface area contributed by atoms with Crippen molar-refractivity contribution in [2.75, 3.05) is 7.11 Å². The number of fused-ring (bicyclic) bond motifs is 1. The molecule has 1 atom stereocenters. The molecule has 4 aromatic rings. The lowest BCUT2D eigenvalue weighted by molar-refractivity contribution is 0.0948. The number of ketones is 1. The number of amides is 1. The minimum absolute atomic E-state index is 0.0483. The van der Waals surface area contributed by atoms with Crippen molar-refractivity contribution in [3.05, 3.63) is 71.7 Å². The Hall–Kier alpha value is -3.59. The lowest BCUT2D eigenvalue weighted by Crippen LogP contribution is -2.25. The normalized spacial score (nSPS) is 12.0. The molecular weight excluding hydrogens is 462 g/mol. The fourth-order valence-electron chi connectivity index (χ4n) is 3.96. The molecule has 1 N–H and O–H groups in total. The van der Waals surface area contributed by atoms with Gasteiger partial charge in [0.05, 0.1) is 18.9 Å². The van der Waals surface area contributed by atoms with Gasteiger partial charge in [0.1, 0.15) is 5.75 Å². The van der Waals surface area contributed by atoms with E-state index in [1.807, 2.05) is 53.6 Å². The molecule has 0 fully saturated rings. The van der Waals surface area contributed by atoms with Crippen LogP contribution in [0.15, 0.2) is 59.9 Å². The van der Waals surface area contributed by atoms with Crippen molar-refractivity contribution in [2.24, 2.45) is 7.05 Å². The van der Waals surface area contributed by atoms with E-state index in [-0.39, 0.29) is 23.5 Å².